The van der Waals surface area contributed by atoms with Crippen molar-refractivity contribution >= 4 is 34.7 Å². The van der Waals surface area contributed by atoms with Gasteiger partial charge in [0, 0.05) is 17.1 Å². The summed E-state index contributed by atoms with van der Waals surface area (Å²) in [6.07, 6.45) is 1.40. The number of nitrogens with one attached hydrogen (secondary N) is 1. The summed E-state index contributed by atoms with van der Waals surface area (Å²) in [7, 11) is 1.57. The molecule has 1 aromatic carbocycles. The number of rotatable bonds is 5. The fourth-order valence-corrected chi connectivity index (χ4v) is 3.36. The van der Waals surface area contributed by atoms with Crippen LogP contribution in [0.2, 0.25) is 5.02 Å². The smallest absolute Gasteiger partial charge is 0.233 e. The molecule has 0 unspecified atom stereocenters. The Hall–Kier alpha value is -1.33. The van der Waals surface area contributed by atoms with Crippen LogP contribution in [-0.2, 0) is 11.3 Å². The lowest BCUT2D eigenvalue weighted by Crippen LogP contribution is -2.55. The molecular weight excluding hydrogens is 308 g/mol. The average molecular weight is 327 g/mol. The van der Waals surface area contributed by atoms with Crippen LogP contribution >= 0.6 is 23.8 Å². The van der Waals surface area contributed by atoms with E-state index < -0.39 is 5.41 Å². The van der Waals surface area contributed by atoms with E-state index in [0.717, 1.165) is 5.56 Å². The predicted molar refractivity (Wildman–Crippen MR) is 87.5 cm³/mol. The Morgan fingerprint density at radius 1 is 1.57 bits per heavy atom. The molecule has 0 aromatic heterocycles. The number of halogens is 1. The van der Waals surface area contributed by atoms with Crippen LogP contribution in [0, 0.1) is 11.3 Å². The first-order valence-electron chi connectivity index (χ1n) is 6.80. The molecule has 21 heavy (non-hydrogen) atoms. The van der Waals surface area contributed by atoms with Crippen LogP contribution in [0.4, 0.5) is 0 Å². The summed E-state index contributed by atoms with van der Waals surface area (Å²) in [6.45, 7) is 2.38. The number of nitrogens with two attached hydrogens (primary N) is 1. The summed E-state index contributed by atoms with van der Waals surface area (Å²) in [4.78, 5) is 12.7. The van der Waals surface area contributed by atoms with Gasteiger partial charge in [-0.05, 0) is 30.9 Å². The maximum Gasteiger partial charge on any atom is 0.233 e. The number of hydrogen-bond donors (Lipinski definition) is 2. The van der Waals surface area contributed by atoms with Crippen molar-refractivity contribution in [2.45, 2.75) is 26.3 Å². The van der Waals surface area contributed by atoms with Crippen LogP contribution < -0.4 is 15.8 Å². The van der Waals surface area contributed by atoms with Crippen LogP contribution in [0.15, 0.2) is 18.2 Å². The molecule has 4 nitrogen and oxygen atoms in total. The van der Waals surface area contributed by atoms with E-state index >= 15 is 0 Å². The number of thiocarbonyl (C=S) groups is 1. The van der Waals surface area contributed by atoms with Crippen LogP contribution in [0.1, 0.15) is 25.3 Å². The summed E-state index contributed by atoms with van der Waals surface area (Å²) in [5.74, 6) is 0.983. The molecule has 2 rings (SSSR count). The third kappa shape index (κ3) is 2.99. The van der Waals surface area contributed by atoms with Crippen LogP contribution in [0.5, 0.6) is 5.75 Å². The second-order valence-electron chi connectivity index (χ2n) is 5.56. The molecule has 1 aromatic rings. The van der Waals surface area contributed by atoms with Crippen molar-refractivity contribution in [2.75, 3.05) is 7.11 Å². The highest BCUT2D eigenvalue weighted by molar-refractivity contribution is 7.80. The van der Waals surface area contributed by atoms with E-state index in [1.807, 2.05) is 6.07 Å². The molecule has 0 saturated heterocycles. The Morgan fingerprint density at radius 3 is 2.76 bits per heavy atom. The fraction of sp³-hybridized carbons (Fsp3) is 0.467. The minimum Gasteiger partial charge on any atom is -0.496 e. The number of benzene rings is 1. The van der Waals surface area contributed by atoms with Gasteiger partial charge in [-0.1, -0.05) is 36.8 Å². The molecule has 0 aliphatic heterocycles. The van der Waals surface area contributed by atoms with Gasteiger partial charge < -0.3 is 15.8 Å². The standard InChI is InChI=1S/C15H19ClN2O2S/c1-9-6-15(7-9,13(17)21)14(19)18-8-10-11(16)4-3-5-12(10)20-2/h3-5,9H,6-8H2,1-2H3,(H2,17,21)(H,18,19). The summed E-state index contributed by atoms with van der Waals surface area (Å²) < 4.78 is 5.26. The molecule has 6 heteroatoms. The van der Waals surface area contributed by atoms with Crippen molar-refractivity contribution < 1.29 is 9.53 Å². The minimum atomic E-state index is -0.705. The third-order valence-electron chi connectivity index (χ3n) is 4.02. The van der Waals surface area contributed by atoms with Gasteiger partial charge in [0.1, 0.15) is 5.75 Å². The second-order valence-corrected chi connectivity index (χ2v) is 6.41. The van der Waals surface area contributed by atoms with E-state index in [9.17, 15) is 4.79 Å². The van der Waals surface area contributed by atoms with E-state index in [2.05, 4.69) is 12.2 Å². The number of amides is 1. The molecule has 0 atom stereocenters. The maximum absolute atomic E-state index is 12.5. The molecule has 1 aliphatic carbocycles. The molecule has 1 fully saturated rings. The molecule has 1 amide bonds. The zero-order valence-electron chi connectivity index (χ0n) is 12.1. The monoisotopic (exact) mass is 326 g/mol. The van der Waals surface area contributed by atoms with E-state index in [4.69, 9.17) is 34.3 Å². The SMILES string of the molecule is COc1cccc(Cl)c1CNC(=O)C1(C(N)=S)CC(C)C1. The van der Waals surface area contributed by atoms with Gasteiger partial charge in [0.25, 0.3) is 0 Å². The van der Waals surface area contributed by atoms with Gasteiger partial charge in [-0.3, -0.25) is 4.79 Å². The van der Waals surface area contributed by atoms with Crippen molar-refractivity contribution in [3.8, 4) is 5.75 Å². The highest BCUT2D eigenvalue weighted by atomic mass is 35.5. The average Bonchev–Trinajstić information content (AvgIpc) is 2.41. The van der Waals surface area contributed by atoms with Crippen LogP contribution in [0.3, 0.4) is 0 Å². The van der Waals surface area contributed by atoms with E-state index in [1.165, 1.54) is 0 Å². The molecular formula is C15H19ClN2O2S. The number of methoxy groups -OCH3 is 1. The molecule has 0 radical (unpaired) electrons. The Bertz CT molecular complexity index is 571. The molecule has 1 saturated carbocycles. The van der Waals surface area contributed by atoms with Gasteiger partial charge in [-0.15, -0.1) is 0 Å². The molecule has 0 heterocycles. The molecule has 114 valence electrons. The predicted octanol–water partition coefficient (Wildman–Crippen LogP) is 2.67. The Morgan fingerprint density at radius 2 is 2.24 bits per heavy atom. The number of carbonyl (C=O) groups is 1. The lowest BCUT2D eigenvalue weighted by atomic mass is 9.62. The highest BCUT2D eigenvalue weighted by Crippen LogP contribution is 2.46. The molecule has 0 bridgehead atoms. The minimum absolute atomic E-state index is 0.130. The van der Waals surface area contributed by atoms with E-state index in [0.29, 0.717) is 36.1 Å². The van der Waals surface area contributed by atoms with Gasteiger partial charge >= 0.3 is 0 Å². The lowest BCUT2D eigenvalue weighted by molar-refractivity contribution is -0.133. The van der Waals surface area contributed by atoms with Crippen molar-refractivity contribution in [1.82, 2.24) is 5.32 Å². The van der Waals surface area contributed by atoms with E-state index in [-0.39, 0.29) is 10.9 Å². The largest absolute Gasteiger partial charge is 0.496 e. The molecule has 3 N–H and O–H groups in total. The number of carbonyl (C=O) groups excluding carboxylic acids is 1. The topological polar surface area (TPSA) is 64.3 Å². The molecule has 1 aliphatic rings. The summed E-state index contributed by atoms with van der Waals surface area (Å²) >= 11 is 11.2. The normalized spacial score (nSPS) is 24.0. The summed E-state index contributed by atoms with van der Waals surface area (Å²) in [5.41, 5.74) is 5.82. The summed E-state index contributed by atoms with van der Waals surface area (Å²) in [6, 6.07) is 5.37. The first-order valence-corrected chi connectivity index (χ1v) is 7.59. The van der Waals surface area contributed by atoms with Gasteiger partial charge in [0.2, 0.25) is 5.91 Å². The summed E-state index contributed by atoms with van der Waals surface area (Å²) in [5, 5.41) is 3.44. The van der Waals surface area contributed by atoms with Gasteiger partial charge in [0.15, 0.2) is 0 Å². The van der Waals surface area contributed by atoms with Crippen molar-refractivity contribution in [2.24, 2.45) is 17.1 Å². The second kappa shape index (κ2) is 6.20. The Kier molecular flexibility index (Phi) is 4.74. The highest BCUT2D eigenvalue weighted by Gasteiger charge is 2.50. The van der Waals surface area contributed by atoms with Crippen molar-refractivity contribution in [3.63, 3.8) is 0 Å². The molecule has 0 spiro atoms. The Labute approximate surface area is 135 Å². The lowest BCUT2D eigenvalue weighted by Gasteiger charge is -2.44. The van der Waals surface area contributed by atoms with Crippen LogP contribution in [0.25, 0.3) is 0 Å². The zero-order valence-corrected chi connectivity index (χ0v) is 13.7. The first-order chi connectivity index (χ1) is 9.90. The third-order valence-corrected chi connectivity index (χ3v) is 4.77. The van der Waals surface area contributed by atoms with Gasteiger partial charge in [0.05, 0.1) is 17.5 Å². The van der Waals surface area contributed by atoms with Crippen molar-refractivity contribution in [1.29, 1.82) is 0 Å². The number of hydrogen-bond acceptors (Lipinski definition) is 3. The first kappa shape index (κ1) is 16.0. The van der Waals surface area contributed by atoms with Gasteiger partial charge in [-0.2, -0.15) is 0 Å². The number of ether oxygens (including phenoxy) is 1. The van der Waals surface area contributed by atoms with Crippen LogP contribution in [-0.4, -0.2) is 18.0 Å². The quantitative estimate of drug-likeness (QED) is 0.817. The maximum atomic E-state index is 12.5. The fourth-order valence-electron chi connectivity index (χ4n) is 2.87. The van der Waals surface area contributed by atoms with Gasteiger partial charge in [-0.25, -0.2) is 0 Å². The van der Waals surface area contributed by atoms with E-state index in [1.54, 1.807) is 19.2 Å². The van der Waals surface area contributed by atoms with Crippen molar-refractivity contribution in [3.05, 3.63) is 28.8 Å². The Balaban J connectivity index is 2.10. The zero-order chi connectivity index (χ0) is 15.6.